The molecular weight excluding hydrogens is 1230 g/mol. The molecule has 1 amide bonds. The number of amides is 1. The van der Waals surface area contributed by atoms with Gasteiger partial charge in [0, 0.05) is 96.6 Å². The molecule has 35 nitrogen and oxygen atoms in total. The lowest BCUT2D eigenvalue weighted by Gasteiger charge is -2.49. The zero-order valence-electron chi connectivity index (χ0n) is 52.4. The van der Waals surface area contributed by atoms with Crippen molar-refractivity contribution in [3.63, 3.8) is 0 Å². The topological polar surface area (TPSA) is 428 Å². The third-order valence-electron chi connectivity index (χ3n) is 12.8. The van der Waals surface area contributed by atoms with E-state index in [4.69, 9.17) is 99.5 Å². The van der Waals surface area contributed by atoms with Crippen LogP contribution in [0.2, 0.25) is 0 Å². The molecule has 512 valence electrons. The van der Waals surface area contributed by atoms with Crippen molar-refractivity contribution < 1.29 is 162 Å². The number of rotatable bonds is 30. The van der Waals surface area contributed by atoms with E-state index in [0.29, 0.717) is 0 Å². The Morgan fingerprint density at radius 3 is 1.08 bits per heavy atom. The SMILES string of the molecule is C=CCO[C@@H]1O[C@H](COC(C)=O)[C@@H](OCCCO[C@@H]2O[C@H](CO[C@@H]3O[C@H](COC(C)=O)[C@@H](O[C@@H]4O[C@H](COC(C)=O)[C@H](OC(C)=O)[C@H](OC(C)=O)[C@H]4OC(C)=O)[C@H](OC(C)=O)[C@H]3OC(C)=O)[C@@H](OC(C)=O)[C@H](OC(C)=O)[C@H]2NC(C)=O)[C@H](OC(C)=O)[C@H]1OC(C)=O. The van der Waals surface area contributed by atoms with Gasteiger partial charge < -0.3 is 105 Å². The second-order valence-corrected chi connectivity index (χ2v) is 20.6. The van der Waals surface area contributed by atoms with Crippen molar-refractivity contribution >= 4 is 77.5 Å². The van der Waals surface area contributed by atoms with Gasteiger partial charge in [-0.3, -0.25) is 62.3 Å². The molecule has 4 fully saturated rings. The van der Waals surface area contributed by atoms with Crippen LogP contribution in [0.1, 0.15) is 96.4 Å². The van der Waals surface area contributed by atoms with E-state index >= 15 is 0 Å². The van der Waals surface area contributed by atoms with Crippen molar-refractivity contribution in [1.82, 2.24) is 5.32 Å². The van der Waals surface area contributed by atoms with Crippen LogP contribution in [0.15, 0.2) is 12.7 Å². The van der Waals surface area contributed by atoms with Gasteiger partial charge in [-0.05, 0) is 6.42 Å². The molecule has 0 aromatic carbocycles. The summed E-state index contributed by atoms with van der Waals surface area (Å²) < 4.78 is 122. The van der Waals surface area contributed by atoms with Crippen LogP contribution in [0.4, 0.5) is 0 Å². The smallest absolute Gasteiger partial charge is 0.303 e. The van der Waals surface area contributed by atoms with E-state index in [9.17, 15) is 62.3 Å². The minimum Gasteiger partial charge on any atom is -0.463 e. The highest BCUT2D eigenvalue weighted by atomic mass is 16.8. The molecule has 0 bridgehead atoms. The first-order chi connectivity index (χ1) is 42.8. The summed E-state index contributed by atoms with van der Waals surface area (Å²) in [5, 5.41) is 2.58. The molecule has 4 rings (SSSR count). The van der Waals surface area contributed by atoms with Gasteiger partial charge in [0.25, 0.3) is 0 Å². The minimum absolute atomic E-state index is 0.0837. The van der Waals surface area contributed by atoms with Crippen LogP contribution in [0, 0.1) is 0 Å². The summed E-state index contributed by atoms with van der Waals surface area (Å²) in [6.45, 7) is 13.3. The predicted molar refractivity (Wildman–Crippen MR) is 289 cm³/mol. The summed E-state index contributed by atoms with van der Waals surface area (Å²) in [4.78, 5) is 164. The van der Waals surface area contributed by atoms with Crippen molar-refractivity contribution in [3.8, 4) is 0 Å². The molecule has 0 aromatic rings. The monoisotopic (exact) mass is 1310 g/mol. The van der Waals surface area contributed by atoms with Gasteiger partial charge in [0.1, 0.15) is 62.5 Å². The van der Waals surface area contributed by atoms with Crippen LogP contribution in [0.25, 0.3) is 0 Å². The Labute approximate surface area is 521 Å². The second kappa shape index (κ2) is 36.5. The summed E-state index contributed by atoms with van der Waals surface area (Å²) >= 11 is 0. The molecule has 20 atom stereocenters. The molecule has 0 spiro atoms. The van der Waals surface area contributed by atoms with Gasteiger partial charge >= 0.3 is 71.6 Å². The van der Waals surface area contributed by atoms with E-state index in [1.165, 1.54) is 6.08 Å². The van der Waals surface area contributed by atoms with Gasteiger partial charge in [-0.25, -0.2) is 0 Å². The Balaban J connectivity index is 1.77. The number of carbonyl (C=O) groups is 13. The molecule has 35 heteroatoms. The van der Waals surface area contributed by atoms with Crippen molar-refractivity contribution in [1.29, 1.82) is 0 Å². The van der Waals surface area contributed by atoms with Gasteiger partial charge in [-0.15, -0.1) is 6.58 Å². The zero-order chi connectivity index (χ0) is 68.0. The summed E-state index contributed by atoms with van der Waals surface area (Å²) in [6, 6.07) is -1.48. The fourth-order valence-electron chi connectivity index (χ4n) is 9.86. The Hall–Kier alpha value is -7.51. The molecule has 0 saturated carbocycles. The van der Waals surface area contributed by atoms with Crippen LogP contribution < -0.4 is 5.32 Å². The molecule has 4 heterocycles. The summed E-state index contributed by atoms with van der Waals surface area (Å²) in [5.74, 6) is -11.9. The molecule has 4 aliphatic rings. The number of hydrogen-bond acceptors (Lipinski definition) is 34. The summed E-state index contributed by atoms with van der Waals surface area (Å²) in [5.41, 5.74) is 0. The minimum atomic E-state index is -2.01. The van der Waals surface area contributed by atoms with E-state index in [2.05, 4.69) is 11.9 Å². The number of hydrogen-bond donors (Lipinski definition) is 1. The van der Waals surface area contributed by atoms with Gasteiger partial charge in [-0.2, -0.15) is 0 Å². The van der Waals surface area contributed by atoms with Gasteiger partial charge in [-0.1, -0.05) is 6.08 Å². The Morgan fingerprint density at radius 2 is 0.648 bits per heavy atom. The average Bonchev–Trinajstić information content (AvgIpc) is 0.814. The first-order valence-corrected chi connectivity index (χ1v) is 28.4. The van der Waals surface area contributed by atoms with Crippen molar-refractivity contribution in [2.45, 2.75) is 219 Å². The maximum absolute atomic E-state index is 13.2. The van der Waals surface area contributed by atoms with Crippen LogP contribution in [0.3, 0.4) is 0 Å². The Morgan fingerprint density at radius 1 is 0.330 bits per heavy atom. The summed E-state index contributed by atoms with van der Waals surface area (Å²) in [6.07, 6.45) is -30.4. The molecule has 4 saturated heterocycles. The van der Waals surface area contributed by atoms with E-state index < -0.39 is 227 Å². The lowest BCUT2D eigenvalue weighted by Crippen LogP contribution is -2.68. The van der Waals surface area contributed by atoms with E-state index in [1.54, 1.807) is 0 Å². The quantitative estimate of drug-likeness (QED) is 0.0384. The fourth-order valence-corrected chi connectivity index (χ4v) is 9.86. The highest BCUT2D eigenvalue weighted by molar-refractivity contribution is 5.74. The first-order valence-electron chi connectivity index (χ1n) is 28.4. The maximum atomic E-state index is 13.2. The molecule has 1 N–H and O–H groups in total. The summed E-state index contributed by atoms with van der Waals surface area (Å²) in [7, 11) is 0. The zero-order valence-corrected chi connectivity index (χ0v) is 52.4. The van der Waals surface area contributed by atoms with Crippen LogP contribution in [-0.2, 0) is 162 Å². The standard InChI is InChI=1S/C56H79NO34/c1-15-17-72-54-50(84-34(12)68)47(81-31(9)65)42(37(88-54)20-74-25(3)59)71-18-16-19-73-53-41(57-24(2)58)46(80-30(8)64)43(78-28(6)62)40(87-53)23-77-55-51(85-35(13)69)49(83-33(11)67)45(39(89-55)22-76-27(5)61)91-56-52(86-36(14)70)48(82-32(10)66)44(79-29(7)63)38(90-56)21-75-26(4)60/h15,37-56H,1,16-23H2,2-14H3,(H,57,58)/t37-,38-,39-,40-,41-,42-,43-,44+,45-,46-,47+,48+,49+,50-,51-,52-,53-,54-,55-,56+/m1/s1. The van der Waals surface area contributed by atoms with Crippen LogP contribution in [-0.4, -0.2) is 247 Å². The molecule has 0 aromatic heterocycles. The van der Waals surface area contributed by atoms with Gasteiger partial charge in [0.05, 0.1) is 19.8 Å². The third kappa shape index (κ3) is 24.2. The molecule has 0 unspecified atom stereocenters. The van der Waals surface area contributed by atoms with Crippen LogP contribution >= 0.6 is 0 Å². The second-order valence-electron chi connectivity index (χ2n) is 20.6. The predicted octanol–water partition coefficient (Wildman–Crippen LogP) is -1.14. The van der Waals surface area contributed by atoms with E-state index in [1.807, 2.05) is 0 Å². The lowest BCUT2D eigenvalue weighted by atomic mass is 9.95. The first kappa shape index (κ1) is 75.9. The third-order valence-corrected chi connectivity index (χ3v) is 12.8. The molecule has 4 aliphatic heterocycles. The van der Waals surface area contributed by atoms with Gasteiger partial charge in [0.2, 0.25) is 5.91 Å². The molecule has 0 aliphatic carbocycles. The molecule has 0 radical (unpaired) electrons. The number of carbonyl (C=O) groups excluding carboxylic acids is 13. The van der Waals surface area contributed by atoms with Crippen molar-refractivity contribution in [2.24, 2.45) is 0 Å². The maximum Gasteiger partial charge on any atom is 0.303 e. The number of ether oxygens (including phenoxy) is 21. The number of nitrogens with one attached hydrogen (secondary N) is 1. The van der Waals surface area contributed by atoms with Crippen LogP contribution in [0.5, 0.6) is 0 Å². The largest absolute Gasteiger partial charge is 0.463 e. The van der Waals surface area contributed by atoms with Gasteiger partial charge in [0.15, 0.2) is 80.1 Å². The molecule has 91 heavy (non-hydrogen) atoms. The van der Waals surface area contributed by atoms with E-state index in [0.717, 1.165) is 90.0 Å². The molecular formula is C56H79NO34. The highest BCUT2D eigenvalue weighted by Gasteiger charge is 2.59. The van der Waals surface area contributed by atoms with Crippen molar-refractivity contribution in [3.05, 3.63) is 12.7 Å². The van der Waals surface area contributed by atoms with E-state index in [-0.39, 0.29) is 26.2 Å². The Kier molecular flexibility index (Phi) is 30.5. The number of esters is 12. The lowest BCUT2D eigenvalue weighted by molar-refractivity contribution is -0.364. The normalized spacial score (nSPS) is 31.0. The highest BCUT2D eigenvalue weighted by Crippen LogP contribution is 2.37. The average molecular weight is 1310 g/mol. The Bertz CT molecular complexity index is 2580. The van der Waals surface area contributed by atoms with Crippen molar-refractivity contribution in [2.75, 3.05) is 46.2 Å². The fraction of sp³-hybridized carbons (Fsp3) is 0.732.